The van der Waals surface area contributed by atoms with Gasteiger partial charge >= 0.3 is 19.8 Å². The minimum absolute atomic E-state index is 0.181. The molecule has 3 atom stereocenters. The summed E-state index contributed by atoms with van der Waals surface area (Å²) in [7, 11) is -4.63. The van der Waals surface area contributed by atoms with Crippen LogP contribution >= 0.6 is 7.82 Å². The minimum atomic E-state index is -4.63. The minimum Gasteiger partial charge on any atom is -0.462 e. The third-order valence-electron chi connectivity index (χ3n) is 12.6. The van der Waals surface area contributed by atoms with Gasteiger partial charge in [-0.25, -0.2) is 4.57 Å². The van der Waals surface area contributed by atoms with E-state index in [-0.39, 0.29) is 19.4 Å². The maximum Gasteiger partial charge on any atom is 0.472 e. The van der Waals surface area contributed by atoms with Crippen LogP contribution in [0.15, 0.2) is 24.3 Å². The van der Waals surface area contributed by atoms with E-state index in [0.717, 1.165) is 32.1 Å². The Morgan fingerprint density at radius 1 is 0.433 bits per heavy atom. The van der Waals surface area contributed by atoms with Gasteiger partial charge in [0.2, 0.25) is 0 Å². The molecule has 0 radical (unpaired) electrons. The fourth-order valence-corrected chi connectivity index (χ4v) is 9.02. The number of phosphoric ester groups is 1. The van der Waals surface area contributed by atoms with Crippen molar-refractivity contribution >= 4 is 19.8 Å². The number of ether oxygens (including phenoxy) is 2. The first kappa shape index (κ1) is 65.5. The zero-order valence-corrected chi connectivity index (χ0v) is 44.5. The normalized spacial score (nSPS) is 13.7. The molecule has 0 aliphatic heterocycles. The number of allylic oxidation sites excluding steroid dienone is 4. The Kier molecular flexibility index (Phi) is 51.1. The fraction of sp³-hybridized carbons (Fsp3) is 0.893. The predicted molar refractivity (Wildman–Crippen MR) is 279 cm³/mol. The molecule has 67 heavy (non-hydrogen) atoms. The summed E-state index contributed by atoms with van der Waals surface area (Å²) in [5, 5.41) is 18.4. The number of rotatable bonds is 54. The molecule has 0 bridgehead atoms. The molecule has 10 nitrogen and oxygen atoms in total. The zero-order valence-electron chi connectivity index (χ0n) is 43.6. The van der Waals surface area contributed by atoms with Crippen molar-refractivity contribution in [2.24, 2.45) is 0 Å². The molecule has 0 heterocycles. The lowest BCUT2D eigenvalue weighted by atomic mass is 10.0. The lowest BCUT2D eigenvalue weighted by Crippen LogP contribution is -2.29. The van der Waals surface area contributed by atoms with E-state index < -0.39 is 51.8 Å². The van der Waals surface area contributed by atoms with Crippen molar-refractivity contribution in [2.75, 3.05) is 26.4 Å². The van der Waals surface area contributed by atoms with Crippen molar-refractivity contribution in [1.29, 1.82) is 0 Å². The molecular formula is C56H107O10P. The third-order valence-corrected chi connectivity index (χ3v) is 13.5. The molecule has 11 heteroatoms. The highest BCUT2D eigenvalue weighted by Gasteiger charge is 2.27. The van der Waals surface area contributed by atoms with Gasteiger partial charge in [0.05, 0.1) is 19.8 Å². The van der Waals surface area contributed by atoms with Crippen LogP contribution in [0.5, 0.6) is 0 Å². The van der Waals surface area contributed by atoms with E-state index in [0.29, 0.717) is 12.8 Å². The Labute approximate surface area is 412 Å². The van der Waals surface area contributed by atoms with Crippen LogP contribution < -0.4 is 0 Å². The van der Waals surface area contributed by atoms with E-state index in [2.05, 4.69) is 38.2 Å². The van der Waals surface area contributed by atoms with Gasteiger partial charge in [-0.3, -0.25) is 18.6 Å². The second-order valence-electron chi connectivity index (χ2n) is 19.3. The van der Waals surface area contributed by atoms with Crippen LogP contribution in [-0.2, 0) is 32.7 Å². The summed E-state index contributed by atoms with van der Waals surface area (Å²) in [6.07, 6.45) is 57.4. The van der Waals surface area contributed by atoms with E-state index >= 15 is 0 Å². The van der Waals surface area contributed by atoms with Crippen molar-refractivity contribution < 1.29 is 47.8 Å². The van der Waals surface area contributed by atoms with E-state index in [1.54, 1.807) is 0 Å². The first-order chi connectivity index (χ1) is 32.7. The van der Waals surface area contributed by atoms with Gasteiger partial charge in [-0.05, 0) is 57.8 Å². The van der Waals surface area contributed by atoms with Crippen LogP contribution in [0.4, 0.5) is 0 Å². The van der Waals surface area contributed by atoms with Crippen molar-refractivity contribution in [3.63, 3.8) is 0 Å². The highest BCUT2D eigenvalue weighted by atomic mass is 31.2. The maximum absolute atomic E-state index is 12.7. The molecule has 0 saturated heterocycles. The molecule has 3 N–H and O–H groups in total. The highest BCUT2D eigenvalue weighted by Crippen LogP contribution is 2.43. The fourth-order valence-electron chi connectivity index (χ4n) is 8.23. The summed E-state index contributed by atoms with van der Waals surface area (Å²) in [6.45, 7) is 2.41. The number of phosphoric acid groups is 1. The van der Waals surface area contributed by atoms with Gasteiger partial charge in [-0.1, -0.05) is 237 Å². The molecule has 0 rings (SSSR count). The number of carbonyl (C=O) groups is 2. The third kappa shape index (κ3) is 52.1. The number of unbranched alkanes of at least 4 members (excludes halogenated alkanes) is 36. The predicted octanol–water partition coefficient (Wildman–Crippen LogP) is 16.5. The Balaban J connectivity index is 4.12. The summed E-state index contributed by atoms with van der Waals surface area (Å²) in [4.78, 5) is 35.2. The van der Waals surface area contributed by atoms with Gasteiger partial charge in [0, 0.05) is 12.8 Å². The monoisotopic (exact) mass is 971 g/mol. The van der Waals surface area contributed by atoms with Gasteiger partial charge in [-0.2, -0.15) is 0 Å². The number of hydrogen-bond donors (Lipinski definition) is 3. The van der Waals surface area contributed by atoms with Gasteiger partial charge in [0.15, 0.2) is 6.10 Å². The summed E-state index contributed by atoms with van der Waals surface area (Å²) in [5.41, 5.74) is 0. The van der Waals surface area contributed by atoms with Crippen LogP contribution in [0.25, 0.3) is 0 Å². The van der Waals surface area contributed by atoms with Crippen LogP contribution in [-0.4, -0.2) is 65.7 Å². The second-order valence-corrected chi connectivity index (χ2v) is 20.8. The first-order valence-corrected chi connectivity index (χ1v) is 29.8. The summed E-state index contributed by atoms with van der Waals surface area (Å²) < 4.78 is 32.9. The molecule has 0 spiro atoms. The van der Waals surface area contributed by atoms with Gasteiger partial charge in [0.25, 0.3) is 0 Å². The largest absolute Gasteiger partial charge is 0.472 e. The quantitative estimate of drug-likeness (QED) is 0.0233. The molecule has 0 amide bonds. The van der Waals surface area contributed by atoms with Crippen LogP contribution in [0, 0.1) is 0 Å². The molecule has 0 aliphatic rings. The van der Waals surface area contributed by atoms with Crippen LogP contribution in [0.3, 0.4) is 0 Å². The van der Waals surface area contributed by atoms with Crippen molar-refractivity contribution in [1.82, 2.24) is 0 Å². The SMILES string of the molecule is CCCCCCCC/C=C/CCCCCCCCCCCCCC(=O)O[C@H](COC(=O)CCC/C=C/CCCCCCCCCCCCCCCCCCCC)COP(=O)(O)OC[C@@H](O)CO. The van der Waals surface area contributed by atoms with Gasteiger partial charge in [-0.15, -0.1) is 0 Å². The smallest absolute Gasteiger partial charge is 0.462 e. The van der Waals surface area contributed by atoms with Crippen LogP contribution in [0.2, 0.25) is 0 Å². The number of esters is 2. The molecule has 0 aromatic heterocycles. The molecular weight excluding hydrogens is 864 g/mol. The van der Waals surface area contributed by atoms with Crippen molar-refractivity contribution in [3.8, 4) is 0 Å². The average molecular weight is 971 g/mol. The first-order valence-electron chi connectivity index (χ1n) is 28.3. The molecule has 0 fully saturated rings. The second kappa shape index (κ2) is 52.3. The van der Waals surface area contributed by atoms with E-state index in [9.17, 15) is 24.2 Å². The maximum atomic E-state index is 12.7. The number of aliphatic hydroxyl groups is 2. The molecule has 396 valence electrons. The highest BCUT2D eigenvalue weighted by molar-refractivity contribution is 7.47. The topological polar surface area (TPSA) is 149 Å². The Morgan fingerprint density at radius 3 is 1.12 bits per heavy atom. The Morgan fingerprint density at radius 2 is 0.746 bits per heavy atom. The Hall–Kier alpha value is -1.55. The van der Waals surface area contributed by atoms with Crippen LogP contribution in [0.1, 0.15) is 284 Å². The molecule has 0 saturated carbocycles. The summed E-state index contributed by atoms with van der Waals surface area (Å²) in [5.74, 6) is -0.948. The summed E-state index contributed by atoms with van der Waals surface area (Å²) in [6, 6.07) is 0. The standard InChI is InChI=1S/C56H107O10P/c1-3-5-7-9-11-13-15-17-19-21-23-25-26-28-29-31-33-35-37-39-41-43-45-47-55(59)63-51-54(52-65-67(61,62)64-50-53(58)49-57)66-56(60)48-46-44-42-40-38-36-34-32-30-27-24-22-20-18-16-14-12-10-8-6-4-2/h18,20,39,41,53-54,57-58H,3-17,19,21-38,40,42-52H2,1-2H3,(H,61,62)/b20-18+,41-39+/t53-,54+/m0/s1. The molecule has 0 aromatic carbocycles. The summed E-state index contributed by atoms with van der Waals surface area (Å²) >= 11 is 0. The number of hydrogen-bond acceptors (Lipinski definition) is 9. The number of aliphatic hydroxyl groups excluding tert-OH is 2. The average Bonchev–Trinajstić information content (AvgIpc) is 3.32. The van der Waals surface area contributed by atoms with E-state index in [4.69, 9.17) is 23.6 Å². The lowest BCUT2D eigenvalue weighted by molar-refractivity contribution is -0.161. The molecule has 0 aliphatic carbocycles. The van der Waals surface area contributed by atoms with Gasteiger partial charge in [0.1, 0.15) is 12.7 Å². The lowest BCUT2D eigenvalue weighted by Gasteiger charge is -2.20. The van der Waals surface area contributed by atoms with Gasteiger partial charge < -0.3 is 24.6 Å². The van der Waals surface area contributed by atoms with Crippen molar-refractivity contribution in [2.45, 2.75) is 296 Å². The van der Waals surface area contributed by atoms with Crippen molar-refractivity contribution in [3.05, 3.63) is 24.3 Å². The van der Waals surface area contributed by atoms with E-state index in [1.807, 2.05) is 0 Å². The molecule has 0 aromatic rings. The Bertz CT molecular complexity index is 1160. The zero-order chi connectivity index (χ0) is 49.0. The van der Waals surface area contributed by atoms with E-state index in [1.165, 1.54) is 212 Å². The molecule has 1 unspecified atom stereocenters. The number of carbonyl (C=O) groups excluding carboxylic acids is 2.